The summed E-state index contributed by atoms with van der Waals surface area (Å²) in [4.78, 5) is 6.99. The standard InChI is InChI=1S/C23H24ClN3O/c1-26(2)12-5-13-27-22-15-19(24)9-11-21(22)25-23(27)16-28-20-10-8-17-6-3-4-7-18(17)14-20/h3-4,6-11,14-15H,5,12-13,16H2,1-2H3. The lowest BCUT2D eigenvalue weighted by atomic mass is 10.1. The Morgan fingerprint density at radius 2 is 1.82 bits per heavy atom. The van der Waals surface area contributed by atoms with Crippen molar-refractivity contribution in [2.24, 2.45) is 0 Å². The molecule has 0 aliphatic rings. The van der Waals surface area contributed by atoms with Crippen LogP contribution in [0, 0.1) is 0 Å². The molecule has 0 atom stereocenters. The summed E-state index contributed by atoms with van der Waals surface area (Å²) in [6, 6.07) is 20.3. The quantitative estimate of drug-likeness (QED) is 0.422. The minimum atomic E-state index is 0.423. The molecule has 0 saturated heterocycles. The zero-order valence-electron chi connectivity index (χ0n) is 16.2. The van der Waals surface area contributed by atoms with Gasteiger partial charge in [-0.3, -0.25) is 0 Å². The summed E-state index contributed by atoms with van der Waals surface area (Å²) >= 11 is 6.23. The molecule has 4 nitrogen and oxygen atoms in total. The molecule has 0 unspecified atom stereocenters. The Balaban J connectivity index is 1.59. The maximum atomic E-state index is 6.23. The summed E-state index contributed by atoms with van der Waals surface area (Å²) in [5.74, 6) is 1.77. The lowest BCUT2D eigenvalue weighted by Crippen LogP contribution is -2.16. The van der Waals surface area contributed by atoms with Crippen LogP contribution in [-0.2, 0) is 13.2 Å². The first-order valence-electron chi connectivity index (χ1n) is 9.51. The summed E-state index contributed by atoms with van der Waals surface area (Å²) in [5, 5.41) is 3.11. The van der Waals surface area contributed by atoms with Crippen LogP contribution in [0.15, 0.2) is 60.7 Å². The maximum Gasteiger partial charge on any atom is 0.147 e. The third-order valence-corrected chi connectivity index (χ3v) is 5.10. The largest absolute Gasteiger partial charge is 0.486 e. The smallest absolute Gasteiger partial charge is 0.147 e. The monoisotopic (exact) mass is 393 g/mol. The highest BCUT2D eigenvalue weighted by Gasteiger charge is 2.12. The topological polar surface area (TPSA) is 30.3 Å². The number of hydrogen-bond acceptors (Lipinski definition) is 3. The third kappa shape index (κ3) is 4.13. The molecule has 0 spiro atoms. The molecule has 144 valence electrons. The second-order valence-corrected chi connectivity index (χ2v) is 7.70. The Hall–Kier alpha value is -2.56. The van der Waals surface area contributed by atoms with Crippen LogP contribution in [0.25, 0.3) is 21.8 Å². The Morgan fingerprint density at radius 1 is 1.00 bits per heavy atom. The van der Waals surface area contributed by atoms with E-state index in [-0.39, 0.29) is 0 Å². The summed E-state index contributed by atoms with van der Waals surface area (Å²) in [6.07, 6.45) is 1.04. The summed E-state index contributed by atoms with van der Waals surface area (Å²) in [7, 11) is 4.18. The van der Waals surface area contributed by atoms with Gasteiger partial charge in [-0.15, -0.1) is 0 Å². The predicted molar refractivity (Wildman–Crippen MR) is 116 cm³/mol. The van der Waals surface area contributed by atoms with Crippen LogP contribution in [0.3, 0.4) is 0 Å². The Labute approximate surface area is 170 Å². The van der Waals surface area contributed by atoms with Crippen molar-refractivity contribution in [2.45, 2.75) is 19.6 Å². The van der Waals surface area contributed by atoms with Crippen molar-refractivity contribution in [1.29, 1.82) is 0 Å². The molecule has 4 aromatic rings. The van der Waals surface area contributed by atoms with Gasteiger partial charge in [0.15, 0.2) is 0 Å². The summed E-state index contributed by atoms with van der Waals surface area (Å²) in [5.41, 5.74) is 2.01. The van der Waals surface area contributed by atoms with Crippen molar-refractivity contribution in [3.63, 3.8) is 0 Å². The molecule has 0 fully saturated rings. The maximum absolute atomic E-state index is 6.23. The first kappa shape index (κ1) is 18.8. The molecule has 0 aliphatic heterocycles. The fraction of sp³-hybridized carbons (Fsp3) is 0.261. The third-order valence-electron chi connectivity index (χ3n) is 4.87. The van der Waals surface area contributed by atoms with E-state index >= 15 is 0 Å². The number of ether oxygens (including phenoxy) is 1. The number of imidazole rings is 1. The number of fused-ring (bicyclic) bond motifs is 2. The molecule has 3 aromatic carbocycles. The number of benzene rings is 3. The number of hydrogen-bond donors (Lipinski definition) is 0. The minimum Gasteiger partial charge on any atom is -0.486 e. The molecule has 0 bridgehead atoms. The first-order valence-corrected chi connectivity index (χ1v) is 9.89. The van der Waals surface area contributed by atoms with E-state index in [9.17, 15) is 0 Å². The van der Waals surface area contributed by atoms with Crippen LogP contribution in [0.2, 0.25) is 5.02 Å². The molecule has 0 saturated carbocycles. The van der Waals surface area contributed by atoms with Crippen LogP contribution in [0.1, 0.15) is 12.2 Å². The molecule has 1 heterocycles. The average molecular weight is 394 g/mol. The van der Waals surface area contributed by atoms with Gasteiger partial charge in [-0.1, -0.05) is 41.9 Å². The van der Waals surface area contributed by atoms with E-state index in [0.29, 0.717) is 6.61 Å². The molecule has 0 amide bonds. The van der Waals surface area contributed by atoms with Gasteiger partial charge >= 0.3 is 0 Å². The number of halogens is 1. The van der Waals surface area contributed by atoms with Crippen LogP contribution in [0.4, 0.5) is 0 Å². The lowest BCUT2D eigenvalue weighted by molar-refractivity contribution is 0.288. The van der Waals surface area contributed by atoms with Gasteiger partial charge in [0.1, 0.15) is 18.2 Å². The Morgan fingerprint density at radius 3 is 2.64 bits per heavy atom. The second-order valence-electron chi connectivity index (χ2n) is 7.27. The van der Waals surface area contributed by atoms with Gasteiger partial charge < -0.3 is 14.2 Å². The molecule has 0 N–H and O–H groups in total. The van der Waals surface area contributed by atoms with Crippen LogP contribution in [-0.4, -0.2) is 35.1 Å². The first-order chi connectivity index (χ1) is 13.6. The van der Waals surface area contributed by atoms with Crippen molar-refractivity contribution in [2.75, 3.05) is 20.6 Å². The fourth-order valence-corrected chi connectivity index (χ4v) is 3.62. The average Bonchev–Trinajstić information content (AvgIpc) is 3.03. The molecular formula is C23H24ClN3O. The van der Waals surface area contributed by atoms with E-state index in [1.165, 1.54) is 10.8 Å². The lowest BCUT2D eigenvalue weighted by Gasteiger charge is -2.13. The molecule has 0 radical (unpaired) electrons. The SMILES string of the molecule is CN(C)CCCn1c(COc2ccc3ccccc3c2)nc2ccc(Cl)cc21. The molecule has 0 aliphatic carbocycles. The number of aromatic nitrogens is 2. The van der Waals surface area contributed by atoms with Gasteiger partial charge in [0.05, 0.1) is 11.0 Å². The van der Waals surface area contributed by atoms with E-state index in [4.69, 9.17) is 21.3 Å². The van der Waals surface area contributed by atoms with E-state index in [1.54, 1.807) is 0 Å². The molecule has 5 heteroatoms. The number of nitrogens with zero attached hydrogens (tertiary/aromatic N) is 3. The van der Waals surface area contributed by atoms with Crippen molar-refractivity contribution in [1.82, 2.24) is 14.5 Å². The highest BCUT2D eigenvalue weighted by molar-refractivity contribution is 6.31. The highest BCUT2D eigenvalue weighted by atomic mass is 35.5. The molecule has 4 rings (SSSR count). The van der Waals surface area contributed by atoms with Gasteiger partial charge in [-0.05, 0) is 68.2 Å². The highest BCUT2D eigenvalue weighted by Crippen LogP contribution is 2.24. The number of aryl methyl sites for hydroxylation is 1. The predicted octanol–water partition coefficient (Wildman–Crippen LogP) is 5.37. The Kier molecular flexibility index (Phi) is 5.51. The minimum absolute atomic E-state index is 0.423. The summed E-state index contributed by atoms with van der Waals surface area (Å²) < 4.78 is 8.33. The van der Waals surface area contributed by atoms with Gasteiger partial charge in [0, 0.05) is 11.6 Å². The Bertz CT molecular complexity index is 1100. The number of rotatable bonds is 7. The van der Waals surface area contributed by atoms with Gasteiger partial charge in [0.25, 0.3) is 0 Å². The van der Waals surface area contributed by atoms with Gasteiger partial charge in [-0.2, -0.15) is 0 Å². The normalized spacial score (nSPS) is 11.6. The van der Waals surface area contributed by atoms with E-state index in [1.807, 2.05) is 36.4 Å². The van der Waals surface area contributed by atoms with Gasteiger partial charge in [-0.25, -0.2) is 4.98 Å². The molecule has 1 aromatic heterocycles. The van der Waals surface area contributed by atoms with Crippen LogP contribution >= 0.6 is 11.6 Å². The van der Waals surface area contributed by atoms with Gasteiger partial charge in [0.2, 0.25) is 0 Å². The summed E-state index contributed by atoms with van der Waals surface area (Å²) in [6.45, 7) is 2.32. The second kappa shape index (κ2) is 8.21. The molecule has 28 heavy (non-hydrogen) atoms. The zero-order chi connectivity index (χ0) is 19.5. The van der Waals surface area contributed by atoms with Crippen LogP contribution in [0.5, 0.6) is 5.75 Å². The molecular weight excluding hydrogens is 370 g/mol. The fourth-order valence-electron chi connectivity index (χ4n) is 3.46. The van der Waals surface area contributed by atoms with E-state index in [0.717, 1.165) is 47.1 Å². The van der Waals surface area contributed by atoms with Crippen molar-refractivity contribution < 1.29 is 4.74 Å². The van der Waals surface area contributed by atoms with Crippen molar-refractivity contribution in [3.8, 4) is 5.75 Å². The van der Waals surface area contributed by atoms with E-state index in [2.05, 4.69) is 47.8 Å². The van der Waals surface area contributed by atoms with Crippen molar-refractivity contribution in [3.05, 3.63) is 71.5 Å². The van der Waals surface area contributed by atoms with Crippen LogP contribution < -0.4 is 4.74 Å². The van der Waals surface area contributed by atoms with E-state index < -0.39 is 0 Å². The zero-order valence-corrected chi connectivity index (χ0v) is 17.0. The van der Waals surface area contributed by atoms with Crippen molar-refractivity contribution >= 4 is 33.4 Å².